The van der Waals surface area contributed by atoms with E-state index in [1.54, 1.807) is 11.6 Å². The number of hydrogen-bond acceptors (Lipinski definition) is 6. The molecule has 0 aliphatic heterocycles. The van der Waals surface area contributed by atoms with Crippen LogP contribution >= 0.6 is 11.3 Å². The molecule has 0 fully saturated rings. The van der Waals surface area contributed by atoms with Crippen LogP contribution in [-0.4, -0.2) is 20.7 Å². The summed E-state index contributed by atoms with van der Waals surface area (Å²) in [6.07, 6.45) is 0. The van der Waals surface area contributed by atoms with Gasteiger partial charge in [-0.05, 0) is 20.8 Å². The fraction of sp³-hybridized carbons (Fsp3) is 0.417. The van der Waals surface area contributed by atoms with Crippen LogP contribution in [0.2, 0.25) is 0 Å². The Balaban J connectivity index is 2.12. The number of esters is 1. The van der Waals surface area contributed by atoms with E-state index in [0.717, 1.165) is 10.7 Å². The molecule has 0 radical (unpaired) electrons. The van der Waals surface area contributed by atoms with Gasteiger partial charge in [-0.3, -0.25) is 4.68 Å². The number of thiazole rings is 1. The van der Waals surface area contributed by atoms with Crippen LogP contribution < -0.4 is 5.73 Å². The lowest BCUT2D eigenvalue weighted by Gasteiger charge is -2.05. The van der Waals surface area contributed by atoms with Crippen molar-refractivity contribution in [2.24, 2.45) is 0 Å². The molecule has 0 amide bonds. The van der Waals surface area contributed by atoms with Crippen LogP contribution in [0.5, 0.6) is 0 Å². The molecule has 0 aliphatic carbocycles. The summed E-state index contributed by atoms with van der Waals surface area (Å²) in [5.41, 5.74) is 8.11. The minimum atomic E-state index is -0.465. The lowest BCUT2D eigenvalue weighted by Crippen LogP contribution is -2.14. The molecule has 0 saturated heterocycles. The summed E-state index contributed by atoms with van der Waals surface area (Å²) >= 11 is 1.46. The second kappa shape index (κ2) is 5.40. The van der Waals surface area contributed by atoms with Crippen LogP contribution in [0.4, 0.5) is 5.69 Å². The topological polar surface area (TPSA) is 83.0 Å². The summed E-state index contributed by atoms with van der Waals surface area (Å²) < 4.78 is 6.79. The second-order valence-corrected chi connectivity index (χ2v) is 5.06. The quantitative estimate of drug-likeness (QED) is 0.865. The maximum atomic E-state index is 12.1. The number of aryl methyl sites for hydroxylation is 3. The van der Waals surface area contributed by atoms with E-state index in [2.05, 4.69) is 10.1 Å². The van der Waals surface area contributed by atoms with Crippen molar-refractivity contribution in [2.45, 2.75) is 33.9 Å². The summed E-state index contributed by atoms with van der Waals surface area (Å²) in [4.78, 5) is 16.3. The van der Waals surface area contributed by atoms with E-state index < -0.39 is 5.97 Å². The summed E-state index contributed by atoms with van der Waals surface area (Å²) in [5.74, 6) is -0.465. The molecule has 0 spiro atoms. The summed E-state index contributed by atoms with van der Waals surface area (Å²) in [7, 11) is 0. The number of aromatic nitrogens is 3. The van der Waals surface area contributed by atoms with Crippen LogP contribution in [0.1, 0.15) is 33.8 Å². The first-order chi connectivity index (χ1) is 9.02. The molecular weight excluding hydrogens is 264 g/mol. The molecule has 0 saturated carbocycles. The van der Waals surface area contributed by atoms with Gasteiger partial charge in [0, 0.05) is 17.6 Å². The van der Waals surface area contributed by atoms with Gasteiger partial charge in [0.05, 0.1) is 11.4 Å². The molecule has 102 valence electrons. The van der Waals surface area contributed by atoms with Crippen molar-refractivity contribution in [2.75, 3.05) is 5.73 Å². The number of carbonyl (C=O) groups excluding carboxylic acids is 1. The van der Waals surface area contributed by atoms with E-state index in [1.807, 2.05) is 19.2 Å². The van der Waals surface area contributed by atoms with Gasteiger partial charge in [0.2, 0.25) is 0 Å². The van der Waals surface area contributed by atoms with Gasteiger partial charge in [-0.25, -0.2) is 9.78 Å². The average Bonchev–Trinajstić information content (AvgIpc) is 2.92. The lowest BCUT2D eigenvalue weighted by molar-refractivity contribution is 0.0459. The van der Waals surface area contributed by atoms with Gasteiger partial charge in [-0.15, -0.1) is 11.3 Å². The van der Waals surface area contributed by atoms with Crippen molar-refractivity contribution >= 4 is 23.0 Å². The lowest BCUT2D eigenvalue weighted by atomic mass is 10.3. The molecule has 0 bridgehead atoms. The molecule has 0 aliphatic rings. The smallest absolute Gasteiger partial charge is 0.359 e. The SMILES string of the molecule is CCn1nc(C)c(N)c1C(=O)OCc1nc(C)cs1. The van der Waals surface area contributed by atoms with Gasteiger partial charge < -0.3 is 10.5 Å². The van der Waals surface area contributed by atoms with Crippen molar-refractivity contribution in [3.05, 3.63) is 27.5 Å². The van der Waals surface area contributed by atoms with Gasteiger partial charge in [0.1, 0.15) is 11.6 Å². The van der Waals surface area contributed by atoms with Crippen molar-refractivity contribution in [3.8, 4) is 0 Å². The van der Waals surface area contributed by atoms with Gasteiger partial charge in [0.15, 0.2) is 5.69 Å². The Morgan fingerprint density at radius 3 is 2.84 bits per heavy atom. The third-order valence-corrected chi connectivity index (χ3v) is 3.60. The summed E-state index contributed by atoms with van der Waals surface area (Å²) in [5, 5.41) is 6.87. The highest BCUT2D eigenvalue weighted by Gasteiger charge is 2.20. The van der Waals surface area contributed by atoms with E-state index in [9.17, 15) is 4.79 Å². The number of nitrogens with two attached hydrogens (primary N) is 1. The maximum Gasteiger partial charge on any atom is 0.359 e. The zero-order valence-electron chi connectivity index (χ0n) is 11.1. The minimum absolute atomic E-state index is 0.157. The fourth-order valence-electron chi connectivity index (χ4n) is 1.70. The standard InChI is InChI=1S/C12H16N4O2S/c1-4-16-11(10(13)8(3)15-16)12(17)18-5-9-14-7(2)6-19-9/h6H,4-5,13H2,1-3H3. The normalized spacial score (nSPS) is 10.7. The monoisotopic (exact) mass is 280 g/mol. The highest BCUT2D eigenvalue weighted by molar-refractivity contribution is 7.09. The van der Waals surface area contributed by atoms with Crippen molar-refractivity contribution < 1.29 is 9.53 Å². The van der Waals surface area contributed by atoms with E-state index in [-0.39, 0.29) is 6.61 Å². The van der Waals surface area contributed by atoms with Crippen molar-refractivity contribution in [3.63, 3.8) is 0 Å². The molecule has 2 aromatic rings. The number of ether oxygens (including phenoxy) is 1. The van der Waals surface area contributed by atoms with Gasteiger partial charge in [-0.2, -0.15) is 5.10 Å². The number of nitrogen functional groups attached to an aromatic ring is 1. The van der Waals surface area contributed by atoms with Gasteiger partial charge in [0.25, 0.3) is 0 Å². The van der Waals surface area contributed by atoms with Crippen LogP contribution in [-0.2, 0) is 17.9 Å². The third-order valence-electron chi connectivity index (χ3n) is 2.66. The highest BCUT2D eigenvalue weighted by atomic mass is 32.1. The summed E-state index contributed by atoms with van der Waals surface area (Å²) in [6.45, 7) is 6.29. The third kappa shape index (κ3) is 2.76. The largest absolute Gasteiger partial charge is 0.454 e. The first kappa shape index (κ1) is 13.5. The first-order valence-corrected chi connectivity index (χ1v) is 6.82. The molecule has 19 heavy (non-hydrogen) atoms. The average molecular weight is 280 g/mol. The first-order valence-electron chi connectivity index (χ1n) is 5.94. The van der Waals surface area contributed by atoms with Gasteiger partial charge >= 0.3 is 5.97 Å². The second-order valence-electron chi connectivity index (χ2n) is 4.12. The predicted octanol–water partition coefficient (Wildman–Crippen LogP) is 1.92. The summed E-state index contributed by atoms with van der Waals surface area (Å²) in [6, 6.07) is 0. The number of rotatable bonds is 4. The van der Waals surface area contributed by atoms with E-state index in [0.29, 0.717) is 23.6 Å². The van der Waals surface area contributed by atoms with Crippen LogP contribution in [0.15, 0.2) is 5.38 Å². The Kier molecular flexibility index (Phi) is 3.84. The molecule has 6 nitrogen and oxygen atoms in total. The number of hydrogen-bond donors (Lipinski definition) is 1. The molecule has 7 heteroatoms. The number of carbonyl (C=O) groups is 1. The zero-order valence-corrected chi connectivity index (χ0v) is 12.0. The Bertz CT molecular complexity index is 603. The van der Waals surface area contributed by atoms with Gasteiger partial charge in [-0.1, -0.05) is 0 Å². The van der Waals surface area contributed by atoms with E-state index in [4.69, 9.17) is 10.5 Å². The van der Waals surface area contributed by atoms with E-state index >= 15 is 0 Å². The highest BCUT2D eigenvalue weighted by Crippen LogP contribution is 2.18. The minimum Gasteiger partial charge on any atom is -0.454 e. The maximum absolute atomic E-state index is 12.1. The molecule has 0 unspecified atom stereocenters. The van der Waals surface area contributed by atoms with Crippen LogP contribution in [0.3, 0.4) is 0 Å². The van der Waals surface area contributed by atoms with Crippen molar-refractivity contribution in [1.82, 2.24) is 14.8 Å². The Hall–Kier alpha value is -1.89. The van der Waals surface area contributed by atoms with Crippen LogP contribution in [0.25, 0.3) is 0 Å². The Morgan fingerprint density at radius 1 is 1.53 bits per heavy atom. The fourth-order valence-corrected chi connectivity index (χ4v) is 2.39. The molecule has 2 heterocycles. The molecule has 2 aromatic heterocycles. The molecule has 2 rings (SSSR count). The molecule has 2 N–H and O–H groups in total. The van der Waals surface area contributed by atoms with Crippen LogP contribution in [0, 0.1) is 13.8 Å². The molecule has 0 atom stereocenters. The number of anilines is 1. The Labute approximate surface area is 115 Å². The predicted molar refractivity (Wildman–Crippen MR) is 73.0 cm³/mol. The number of nitrogens with zero attached hydrogens (tertiary/aromatic N) is 3. The zero-order chi connectivity index (χ0) is 14.0. The molecular formula is C12H16N4O2S. The Morgan fingerprint density at radius 2 is 2.26 bits per heavy atom. The molecule has 0 aromatic carbocycles. The van der Waals surface area contributed by atoms with Crippen molar-refractivity contribution in [1.29, 1.82) is 0 Å². The van der Waals surface area contributed by atoms with E-state index in [1.165, 1.54) is 11.3 Å².